The number of aromatic nitrogens is 1. The van der Waals surface area contributed by atoms with Crippen molar-refractivity contribution in [1.29, 1.82) is 0 Å². The molecule has 2 aromatic rings. The number of carbonyl (C=O) groups is 1. The van der Waals surface area contributed by atoms with Crippen LogP contribution in [0.4, 0.5) is 5.82 Å². The van der Waals surface area contributed by atoms with Gasteiger partial charge in [-0.05, 0) is 23.8 Å². The molecule has 1 unspecified atom stereocenters. The van der Waals surface area contributed by atoms with Crippen molar-refractivity contribution in [1.82, 2.24) is 10.3 Å². The molecular weight excluding hydrogens is 350 g/mol. The van der Waals surface area contributed by atoms with Crippen molar-refractivity contribution in [3.63, 3.8) is 0 Å². The number of nitrogens with one attached hydrogen (secondary N) is 1. The van der Waals surface area contributed by atoms with Crippen LogP contribution in [0, 0.1) is 0 Å². The Bertz CT molecular complexity index is 791. The summed E-state index contributed by atoms with van der Waals surface area (Å²) in [6.07, 6.45) is 3.42. The lowest BCUT2D eigenvalue weighted by atomic mass is 10.1. The third kappa shape index (κ3) is 4.89. The molecule has 26 heavy (non-hydrogen) atoms. The Labute approximate surface area is 156 Å². The summed E-state index contributed by atoms with van der Waals surface area (Å²) in [5.41, 5.74) is 2.45. The first-order valence-corrected chi connectivity index (χ1v) is 10.3. The van der Waals surface area contributed by atoms with Gasteiger partial charge >= 0.3 is 0 Å². The van der Waals surface area contributed by atoms with Crippen LogP contribution < -0.4 is 10.2 Å². The first kappa shape index (κ1) is 18.5. The van der Waals surface area contributed by atoms with Crippen molar-refractivity contribution in [2.45, 2.75) is 12.3 Å². The van der Waals surface area contributed by atoms with Crippen LogP contribution in [0.15, 0.2) is 42.6 Å². The highest BCUT2D eigenvalue weighted by molar-refractivity contribution is 7.83. The van der Waals surface area contributed by atoms with Gasteiger partial charge in [0.15, 0.2) is 0 Å². The SMILES string of the molecule is CS(=O)Cc1cccc(C(=O)NCc2cccnc2N2CCOCC2)c1. The summed E-state index contributed by atoms with van der Waals surface area (Å²) < 4.78 is 16.8. The molecule has 6 nitrogen and oxygen atoms in total. The number of nitrogens with zero attached hydrogens (tertiary/aromatic N) is 2. The highest BCUT2D eigenvalue weighted by Crippen LogP contribution is 2.18. The van der Waals surface area contributed by atoms with Gasteiger partial charge in [-0.25, -0.2) is 4.98 Å². The number of hydrogen-bond acceptors (Lipinski definition) is 5. The number of hydrogen-bond donors (Lipinski definition) is 1. The van der Waals surface area contributed by atoms with Gasteiger partial charge in [0.25, 0.3) is 5.91 Å². The maximum absolute atomic E-state index is 12.5. The van der Waals surface area contributed by atoms with E-state index >= 15 is 0 Å². The molecule has 0 saturated carbocycles. The molecule has 1 saturated heterocycles. The zero-order valence-electron chi connectivity index (χ0n) is 14.8. The zero-order chi connectivity index (χ0) is 18.4. The van der Waals surface area contributed by atoms with E-state index in [2.05, 4.69) is 15.2 Å². The Kier molecular flexibility index (Phi) is 6.35. The number of morpholine rings is 1. The maximum Gasteiger partial charge on any atom is 0.251 e. The second kappa shape index (κ2) is 8.91. The number of carbonyl (C=O) groups excluding carboxylic acids is 1. The van der Waals surface area contributed by atoms with Crippen molar-refractivity contribution in [3.8, 4) is 0 Å². The largest absolute Gasteiger partial charge is 0.378 e. The Morgan fingerprint density at radius 3 is 2.85 bits per heavy atom. The van der Waals surface area contributed by atoms with E-state index in [1.165, 1.54) is 0 Å². The van der Waals surface area contributed by atoms with E-state index in [0.717, 1.165) is 30.0 Å². The summed E-state index contributed by atoms with van der Waals surface area (Å²) >= 11 is 0. The van der Waals surface area contributed by atoms with Gasteiger partial charge in [-0.3, -0.25) is 9.00 Å². The zero-order valence-corrected chi connectivity index (χ0v) is 15.6. The van der Waals surface area contributed by atoms with Crippen LogP contribution in [0.2, 0.25) is 0 Å². The second-order valence-electron chi connectivity index (χ2n) is 6.19. The molecule has 1 N–H and O–H groups in total. The van der Waals surface area contributed by atoms with Crippen molar-refractivity contribution >= 4 is 22.5 Å². The summed E-state index contributed by atoms with van der Waals surface area (Å²) in [6, 6.07) is 11.1. The molecule has 1 aliphatic rings. The van der Waals surface area contributed by atoms with E-state index in [9.17, 15) is 9.00 Å². The predicted octanol–water partition coefficient (Wildman–Crippen LogP) is 1.73. The monoisotopic (exact) mass is 373 g/mol. The third-order valence-electron chi connectivity index (χ3n) is 4.18. The van der Waals surface area contributed by atoms with Crippen molar-refractivity contribution in [3.05, 3.63) is 59.3 Å². The van der Waals surface area contributed by atoms with Gasteiger partial charge in [0.05, 0.1) is 13.2 Å². The van der Waals surface area contributed by atoms with Gasteiger partial charge in [-0.15, -0.1) is 0 Å². The minimum atomic E-state index is -0.933. The van der Waals surface area contributed by atoms with Crippen LogP contribution in [-0.2, 0) is 27.8 Å². The molecule has 0 aliphatic carbocycles. The van der Waals surface area contributed by atoms with Crippen LogP contribution >= 0.6 is 0 Å². The molecule has 1 aromatic heterocycles. The average molecular weight is 373 g/mol. The number of pyridine rings is 1. The molecule has 1 amide bonds. The highest BCUT2D eigenvalue weighted by atomic mass is 32.2. The molecule has 3 rings (SSSR count). The molecule has 1 aliphatic heterocycles. The fourth-order valence-electron chi connectivity index (χ4n) is 2.94. The van der Waals surface area contributed by atoms with E-state index in [4.69, 9.17) is 4.74 Å². The van der Waals surface area contributed by atoms with E-state index in [1.54, 1.807) is 24.6 Å². The molecular formula is C19H23N3O3S. The van der Waals surface area contributed by atoms with Gasteiger partial charge in [0, 0.05) is 59.8 Å². The molecule has 0 bridgehead atoms. The van der Waals surface area contributed by atoms with Crippen LogP contribution in [0.25, 0.3) is 0 Å². The molecule has 0 radical (unpaired) electrons. The third-order valence-corrected chi connectivity index (χ3v) is 4.92. The highest BCUT2D eigenvalue weighted by Gasteiger charge is 2.16. The second-order valence-corrected chi connectivity index (χ2v) is 7.62. The Morgan fingerprint density at radius 2 is 2.08 bits per heavy atom. The summed E-state index contributed by atoms with van der Waals surface area (Å²) in [5, 5.41) is 2.96. The normalized spacial score (nSPS) is 15.5. The van der Waals surface area contributed by atoms with Crippen molar-refractivity contribution in [2.24, 2.45) is 0 Å². The topological polar surface area (TPSA) is 71.5 Å². The van der Waals surface area contributed by atoms with Crippen LogP contribution in [-0.4, -0.2) is 47.7 Å². The minimum Gasteiger partial charge on any atom is -0.378 e. The quantitative estimate of drug-likeness (QED) is 0.835. The fraction of sp³-hybridized carbons (Fsp3) is 0.368. The minimum absolute atomic E-state index is 0.148. The van der Waals surface area contributed by atoms with Crippen LogP contribution in [0.5, 0.6) is 0 Å². The van der Waals surface area contributed by atoms with E-state index in [0.29, 0.717) is 31.1 Å². The molecule has 0 spiro atoms. The lowest BCUT2D eigenvalue weighted by molar-refractivity contribution is 0.0950. The molecule has 2 heterocycles. The Balaban J connectivity index is 1.67. The summed E-state index contributed by atoms with van der Waals surface area (Å²) in [5.74, 6) is 1.20. The number of ether oxygens (including phenoxy) is 1. The lowest BCUT2D eigenvalue weighted by Crippen LogP contribution is -2.37. The van der Waals surface area contributed by atoms with E-state index in [1.807, 2.05) is 24.3 Å². The maximum atomic E-state index is 12.5. The molecule has 1 atom stereocenters. The average Bonchev–Trinajstić information content (AvgIpc) is 2.67. The number of benzene rings is 1. The summed E-state index contributed by atoms with van der Waals surface area (Å²) in [4.78, 5) is 19.2. The first-order chi connectivity index (χ1) is 12.6. The van der Waals surface area contributed by atoms with Crippen molar-refractivity contribution < 1.29 is 13.7 Å². The van der Waals surface area contributed by atoms with E-state index < -0.39 is 10.8 Å². The fourth-order valence-corrected chi connectivity index (χ4v) is 3.59. The Hall–Kier alpha value is -2.25. The van der Waals surface area contributed by atoms with Gasteiger partial charge in [0.1, 0.15) is 5.82 Å². The number of anilines is 1. The van der Waals surface area contributed by atoms with Crippen LogP contribution in [0.3, 0.4) is 0 Å². The van der Waals surface area contributed by atoms with Gasteiger partial charge in [0.2, 0.25) is 0 Å². The smallest absolute Gasteiger partial charge is 0.251 e. The summed E-state index contributed by atoms with van der Waals surface area (Å²) in [7, 11) is -0.933. The molecule has 1 fully saturated rings. The van der Waals surface area contributed by atoms with Crippen LogP contribution in [0.1, 0.15) is 21.5 Å². The molecule has 7 heteroatoms. The van der Waals surface area contributed by atoms with Crippen molar-refractivity contribution in [2.75, 3.05) is 37.5 Å². The Morgan fingerprint density at radius 1 is 1.27 bits per heavy atom. The first-order valence-electron chi connectivity index (χ1n) is 8.57. The van der Waals surface area contributed by atoms with Gasteiger partial charge in [-0.1, -0.05) is 18.2 Å². The molecule has 138 valence electrons. The lowest BCUT2D eigenvalue weighted by Gasteiger charge is -2.29. The van der Waals surface area contributed by atoms with Gasteiger partial charge in [-0.2, -0.15) is 0 Å². The number of amides is 1. The summed E-state index contributed by atoms with van der Waals surface area (Å²) in [6.45, 7) is 3.38. The van der Waals surface area contributed by atoms with E-state index in [-0.39, 0.29) is 5.91 Å². The standard InChI is InChI=1S/C19H23N3O3S/c1-26(24)14-15-4-2-5-16(12-15)19(23)21-13-17-6-3-7-20-18(17)22-8-10-25-11-9-22/h2-7,12H,8-11,13-14H2,1H3,(H,21,23). The molecule has 1 aromatic carbocycles. The predicted molar refractivity (Wildman–Crippen MR) is 103 cm³/mol. The number of rotatable bonds is 6. The van der Waals surface area contributed by atoms with Gasteiger partial charge < -0.3 is 15.0 Å².